The second-order valence-electron chi connectivity index (χ2n) is 5.36. The van der Waals surface area contributed by atoms with E-state index in [2.05, 4.69) is 38.8 Å². The maximum Gasteiger partial charge on any atom is 0.0628 e. The first-order valence-electron chi connectivity index (χ1n) is 5.54. The van der Waals surface area contributed by atoms with Crippen LogP contribution in [0.25, 0.3) is 0 Å². The summed E-state index contributed by atoms with van der Waals surface area (Å²) in [7, 11) is 2.18. The molecule has 14 heavy (non-hydrogen) atoms. The summed E-state index contributed by atoms with van der Waals surface area (Å²) in [6, 6.07) is 2.32. The van der Waals surface area contributed by atoms with Crippen LogP contribution in [0, 0.1) is 16.7 Å². The number of hydrogen-bond donors (Lipinski definition) is 0. The fraction of sp³-hybridized carbons (Fsp3) is 0.917. The highest BCUT2D eigenvalue weighted by Crippen LogP contribution is 2.49. The van der Waals surface area contributed by atoms with Crippen LogP contribution in [0.1, 0.15) is 46.5 Å². The monoisotopic (exact) mass is 194 g/mol. The van der Waals surface area contributed by atoms with Crippen LogP contribution in [0.15, 0.2) is 0 Å². The van der Waals surface area contributed by atoms with Crippen LogP contribution >= 0.6 is 0 Å². The summed E-state index contributed by atoms with van der Waals surface area (Å²) in [6.07, 6.45) is 4.37. The van der Waals surface area contributed by atoms with Gasteiger partial charge in [0.15, 0.2) is 0 Å². The molecule has 80 valence electrons. The topological polar surface area (TPSA) is 27.0 Å². The molecule has 0 aromatic rings. The quantitative estimate of drug-likeness (QED) is 0.673. The van der Waals surface area contributed by atoms with Crippen molar-refractivity contribution in [3.63, 3.8) is 0 Å². The Morgan fingerprint density at radius 1 is 1.43 bits per heavy atom. The van der Waals surface area contributed by atoms with Crippen molar-refractivity contribution in [1.29, 1.82) is 5.26 Å². The summed E-state index contributed by atoms with van der Waals surface area (Å²) < 4.78 is 0. The Bertz CT molecular complexity index is 233. The normalized spacial score (nSPS) is 19.4. The van der Waals surface area contributed by atoms with Gasteiger partial charge in [0.25, 0.3) is 0 Å². The van der Waals surface area contributed by atoms with Gasteiger partial charge in [0.05, 0.1) is 6.07 Å². The lowest BCUT2D eigenvalue weighted by atomic mass is 9.95. The van der Waals surface area contributed by atoms with Crippen molar-refractivity contribution in [3.8, 4) is 6.07 Å². The van der Waals surface area contributed by atoms with Crippen molar-refractivity contribution >= 4 is 0 Å². The number of nitriles is 1. The summed E-state index contributed by atoms with van der Waals surface area (Å²) >= 11 is 0. The van der Waals surface area contributed by atoms with E-state index in [9.17, 15) is 0 Å². The smallest absolute Gasteiger partial charge is 0.0628 e. The van der Waals surface area contributed by atoms with E-state index in [0.717, 1.165) is 19.4 Å². The molecule has 0 saturated heterocycles. The van der Waals surface area contributed by atoms with Gasteiger partial charge in [-0.2, -0.15) is 5.26 Å². The van der Waals surface area contributed by atoms with E-state index in [1.807, 2.05) is 0 Å². The molecule has 0 bridgehead atoms. The van der Waals surface area contributed by atoms with Crippen LogP contribution in [-0.2, 0) is 0 Å². The van der Waals surface area contributed by atoms with Crippen molar-refractivity contribution < 1.29 is 0 Å². The van der Waals surface area contributed by atoms with Gasteiger partial charge in [-0.25, -0.2) is 0 Å². The van der Waals surface area contributed by atoms with E-state index >= 15 is 0 Å². The molecule has 1 rings (SSSR count). The van der Waals surface area contributed by atoms with Crippen molar-refractivity contribution in [2.75, 3.05) is 13.6 Å². The minimum Gasteiger partial charge on any atom is -0.301 e. The largest absolute Gasteiger partial charge is 0.301 e. The molecule has 0 atom stereocenters. The summed E-state index contributed by atoms with van der Waals surface area (Å²) in [4.78, 5) is 2.41. The first kappa shape index (κ1) is 11.5. The first-order valence-corrected chi connectivity index (χ1v) is 5.54. The molecule has 0 radical (unpaired) electrons. The molecule has 0 N–H and O–H groups in total. The van der Waals surface area contributed by atoms with Gasteiger partial charge in [0, 0.05) is 18.5 Å². The standard InChI is InChI=1S/C12H22N2/c1-5-11(2,3)14(4)10-12(6-7-12)8-9-13/h5-8,10H2,1-4H3. The van der Waals surface area contributed by atoms with Gasteiger partial charge < -0.3 is 4.90 Å². The van der Waals surface area contributed by atoms with E-state index in [1.165, 1.54) is 12.8 Å². The van der Waals surface area contributed by atoms with E-state index in [-0.39, 0.29) is 5.54 Å². The first-order chi connectivity index (χ1) is 6.46. The average molecular weight is 194 g/mol. The number of rotatable bonds is 5. The van der Waals surface area contributed by atoms with Crippen LogP contribution in [0.2, 0.25) is 0 Å². The van der Waals surface area contributed by atoms with Crippen molar-refractivity contribution in [3.05, 3.63) is 0 Å². The van der Waals surface area contributed by atoms with Crippen LogP contribution in [0.3, 0.4) is 0 Å². The maximum atomic E-state index is 8.75. The lowest BCUT2D eigenvalue weighted by molar-refractivity contribution is 0.122. The molecule has 2 nitrogen and oxygen atoms in total. The van der Waals surface area contributed by atoms with Gasteiger partial charge in [0.2, 0.25) is 0 Å². The molecule has 1 fully saturated rings. The summed E-state index contributed by atoms with van der Waals surface area (Å²) in [5, 5.41) is 8.75. The van der Waals surface area contributed by atoms with Gasteiger partial charge in [-0.05, 0) is 45.6 Å². The predicted molar refractivity (Wildman–Crippen MR) is 58.9 cm³/mol. The SMILES string of the molecule is CCC(C)(C)N(C)CC1(CC#N)CC1. The van der Waals surface area contributed by atoms with Crippen molar-refractivity contribution in [2.45, 2.75) is 52.0 Å². The lowest BCUT2D eigenvalue weighted by Gasteiger charge is -2.37. The molecule has 0 aromatic heterocycles. The zero-order chi connectivity index (χ0) is 10.8. The molecular weight excluding hydrogens is 172 g/mol. The third-order valence-electron chi connectivity index (χ3n) is 3.88. The fourth-order valence-electron chi connectivity index (χ4n) is 1.72. The van der Waals surface area contributed by atoms with Gasteiger partial charge >= 0.3 is 0 Å². The molecule has 1 saturated carbocycles. The molecule has 0 unspecified atom stereocenters. The van der Waals surface area contributed by atoms with Gasteiger partial charge in [0.1, 0.15) is 0 Å². The predicted octanol–water partition coefficient (Wildman–Crippen LogP) is 2.80. The molecule has 0 aromatic carbocycles. The fourth-order valence-corrected chi connectivity index (χ4v) is 1.72. The zero-order valence-corrected chi connectivity index (χ0v) is 9.93. The van der Waals surface area contributed by atoms with E-state index in [1.54, 1.807) is 0 Å². The Morgan fingerprint density at radius 2 is 2.00 bits per heavy atom. The third kappa shape index (κ3) is 2.48. The Morgan fingerprint density at radius 3 is 2.36 bits per heavy atom. The molecule has 1 aliphatic carbocycles. The Kier molecular flexibility index (Phi) is 3.21. The highest BCUT2D eigenvalue weighted by molar-refractivity contribution is 5.02. The van der Waals surface area contributed by atoms with Crippen LogP contribution < -0.4 is 0 Å². The van der Waals surface area contributed by atoms with E-state index in [4.69, 9.17) is 5.26 Å². The number of nitrogens with zero attached hydrogens (tertiary/aromatic N) is 2. The minimum atomic E-state index is 0.269. The molecule has 0 spiro atoms. The van der Waals surface area contributed by atoms with E-state index < -0.39 is 0 Å². The average Bonchev–Trinajstić information content (AvgIpc) is 2.85. The second kappa shape index (κ2) is 3.90. The molecule has 0 aliphatic heterocycles. The van der Waals surface area contributed by atoms with Gasteiger partial charge in [-0.3, -0.25) is 0 Å². The Labute approximate surface area is 87.9 Å². The molecule has 0 heterocycles. The summed E-state index contributed by atoms with van der Waals surface area (Å²) in [5.74, 6) is 0. The summed E-state index contributed by atoms with van der Waals surface area (Å²) in [5.41, 5.74) is 0.612. The Hall–Kier alpha value is -0.550. The van der Waals surface area contributed by atoms with Crippen LogP contribution in [0.4, 0.5) is 0 Å². The van der Waals surface area contributed by atoms with Crippen molar-refractivity contribution in [1.82, 2.24) is 4.90 Å². The van der Waals surface area contributed by atoms with Crippen molar-refractivity contribution in [2.24, 2.45) is 5.41 Å². The van der Waals surface area contributed by atoms with Crippen LogP contribution in [0.5, 0.6) is 0 Å². The second-order valence-corrected chi connectivity index (χ2v) is 5.36. The highest BCUT2D eigenvalue weighted by atomic mass is 15.2. The molecule has 2 heteroatoms. The van der Waals surface area contributed by atoms with E-state index in [0.29, 0.717) is 5.41 Å². The third-order valence-corrected chi connectivity index (χ3v) is 3.88. The minimum absolute atomic E-state index is 0.269. The molecular formula is C12H22N2. The lowest BCUT2D eigenvalue weighted by Crippen LogP contribution is -2.43. The maximum absolute atomic E-state index is 8.75. The number of hydrogen-bond acceptors (Lipinski definition) is 2. The van der Waals surface area contributed by atoms with Gasteiger partial charge in [-0.15, -0.1) is 0 Å². The van der Waals surface area contributed by atoms with Gasteiger partial charge in [-0.1, -0.05) is 6.92 Å². The molecule has 0 amide bonds. The molecule has 1 aliphatic rings. The summed E-state index contributed by atoms with van der Waals surface area (Å²) in [6.45, 7) is 7.85. The van der Waals surface area contributed by atoms with Crippen LogP contribution in [-0.4, -0.2) is 24.0 Å². The zero-order valence-electron chi connectivity index (χ0n) is 9.93. The highest BCUT2D eigenvalue weighted by Gasteiger charge is 2.44. The Balaban J connectivity index is 2.49.